The number of ether oxygens (including phenoxy) is 2. The van der Waals surface area contributed by atoms with E-state index in [9.17, 15) is 9.59 Å². The van der Waals surface area contributed by atoms with E-state index < -0.39 is 0 Å². The molecule has 8 nitrogen and oxygen atoms in total. The first-order valence-electron chi connectivity index (χ1n) is 8.77. The van der Waals surface area contributed by atoms with E-state index in [2.05, 4.69) is 20.6 Å². The largest absolute Gasteiger partial charge is 0.497 e. The molecule has 3 N–H and O–H groups in total. The van der Waals surface area contributed by atoms with Gasteiger partial charge >= 0.3 is 0 Å². The minimum atomic E-state index is -0.230. The monoisotopic (exact) mass is 382 g/mol. The van der Waals surface area contributed by atoms with Crippen molar-refractivity contribution in [1.29, 1.82) is 0 Å². The maximum absolute atomic E-state index is 12.3. The third-order valence-corrected chi connectivity index (χ3v) is 4.17. The van der Waals surface area contributed by atoms with Crippen molar-refractivity contribution in [2.45, 2.75) is 6.42 Å². The molecular formula is C20H22N4O4. The number of nitrogens with one attached hydrogen (secondary N) is 3. The summed E-state index contributed by atoms with van der Waals surface area (Å²) in [5.41, 5.74) is 2.43. The zero-order valence-corrected chi connectivity index (χ0v) is 15.7. The molecule has 3 rings (SSSR count). The minimum Gasteiger partial charge on any atom is -0.497 e. The number of aromatic nitrogens is 2. The summed E-state index contributed by atoms with van der Waals surface area (Å²) < 4.78 is 10.0. The molecule has 0 fully saturated rings. The van der Waals surface area contributed by atoms with Crippen molar-refractivity contribution in [3.63, 3.8) is 0 Å². The number of H-pyrrole nitrogens is 1. The average molecular weight is 382 g/mol. The fourth-order valence-electron chi connectivity index (χ4n) is 2.76. The number of methoxy groups -OCH3 is 2. The second kappa shape index (κ2) is 9.01. The molecule has 0 bridgehead atoms. The lowest BCUT2D eigenvalue weighted by Crippen LogP contribution is -2.26. The molecule has 2 amide bonds. The number of nitrogens with zero attached hydrogens (tertiary/aromatic N) is 1. The Morgan fingerprint density at radius 2 is 1.96 bits per heavy atom. The summed E-state index contributed by atoms with van der Waals surface area (Å²) in [5.74, 6) is 0.335. The smallest absolute Gasteiger partial charge is 0.253 e. The number of amides is 2. The number of hydrogen-bond donors (Lipinski definition) is 3. The lowest BCUT2D eigenvalue weighted by atomic mass is 10.1. The quantitative estimate of drug-likeness (QED) is 0.518. The van der Waals surface area contributed by atoms with Crippen molar-refractivity contribution in [3.8, 4) is 5.75 Å². The molecule has 2 aromatic heterocycles. The summed E-state index contributed by atoms with van der Waals surface area (Å²) in [7, 11) is 3.17. The maximum atomic E-state index is 12.3. The summed E-state index contributed by atoms with van der Waals surface area (Å²) in [6.45, 7) is 0.840. The number of fused-ring (bicyclic) bond motifs is 1. The SMILES string of the molecule is COCCNC(=O)c1c[nH]c2ncc(NC(=O)Cc3ccc(OC)cc3)cc12. The summed E-state index contributed by atoms with van der Waals surface area (Å²) >= 11 is 0. The fourth-order valence-corrected chi connectivity index (χ4v) is 2.76. The van der Waals surface area contributed by atoms with Gasteiger partial charge in [-0.25, -0.2) is 4.98 Å². The molecule has 0 spiro atoms. The Balaban J connectivity index is 1.69. The molecule has 0 unspecified atom stereocenters. The van der Waals surface area contributed by atoms with Crippen molar-refractivity contribution in [1.82, 2.24) is 15.3 Å². The lowest BCUT2D eigenvalue weighted by Gasteiger charge is -2.07. The normalized spacial score (nSPS) is 10.6. The van der Waals surface area contributed by atoms with Crippen LogP contribution < -0.4 is 15.4 Å². The van der Waals surface area contributed by atoms with Gasteiger partial charge in [-0.2, -0.15) is 0 Å². The second-order valence-electron chi connectivity index (χ2n) is 6.14. The zero-order valence-electron chi connectivity index (χ0n) is 15.7. The molecule has 1 aromatic carbocycles. The number of carbonyl (C=O) groups excluding carboxylic acids is 2. The van der Waals surface area contributed by atoms with Crippen LogP contribution in [0.2, 0.25) is 0 Å². The van der Waals surface area contributed by atoms with E-state index in [0.29, 0.717) is 35.4 Å². The number of carbonyl (C=O) groups is 2. The van der Waals surface area contributed by atoms with Crippen LogP contribution in [0.3, 0.4) is 0 Å². The van der Waals surface area contributed by atoms with E-state index in [4.69, 9.17) is 9.47 Å². The van der Waals surface area contributed by atoms with Crippen LogP contribution in [0.5, 0.6) is 5.75 Å². The maximum Gasteiger partial charge on any atom is 0.253 e. The predicted octanol–water partition coefficient (Wildman–Crippen LogP) is 2.13. The van der Waals surface area contributed by atoms with Gasteiger partial charge in [0, 0.05) is 25.2 Å². The molecule has 0 aliphatic rings. The van der Waals surface area contributed by atoms with Gasteiger partial charge < -0.3 is 25.1 Å². The van der Waals surface area contributed by atoms with Crippen molar-refractivity contribution in [2.24, 2.45) is 0 Å². The van der Waals surface area contributed by atoms with Crippen LogP contribution in [-0.4, -0.2) is 49.2 Å². The topological polar surface area (TPSA) is 105 Å². The number of benzene rings is 1. The number of pyridine rings is 1. The molecule has 146 valence electrons. The van der Waals surface area contributed by atoms with Crippen LogP contribution in [0, 0.1) is 0 Å². The number of rotatable bonds is 8. The molecule has 0 aliphatic heterocycles. The van der Waals surface area contributed by atoms with E-state index in [1.807, 2.05) is 24.3 Å². The minimum absolute atomic E-state index is 0.173. The van der Waals surface area contributed by atoms with Gasteiger partial charge in [-0.3, -0.25) is 9.59 Å². The molecule has 0 saturated carbocycles. The molecule has 28 heavy (non-hydrogen) atoms. The third kappa shape index (κ3) is 4.66. The molecule has 2 heterocycles. The second-order valence-corrected chi connectivity index (χ2v) is 6.14. The molecule has 3 aromatic rings. The molecule has 0 aliphatic carbocycles. The lowest BCUT2D eigenvalue weighted by molar-refractivity contribution is -0.115. The first kappa shape index (κ1) is 19.4. The highest BCUT2D eigenvalue weighted by Gasteiger charge is 2.14. The van der Waals surface area contributed by atoms with Gasteiger partial charge in [-0.15, -0.1) is 0 Å². The number of aromatic amines is 1. The Morgan fingerprint density at radius 3 is 2.68 bits per heavy atom. The van der Waals surface area contributed by atoms with Gasteiger partial charge in [0.15, 0.2) is 0 Å². The molecular weight excluding hydrogens is 360 g/mol. The van der Waals surface area contributed by atoms with Gasteiger partial charge in [-0.1, -0.05) is 12.1 Å². The van der Waals surface area contributed by atoms with Crippen LogP contribution in [0.15, 0.2) is 42.7 Å². The molecule has 0 saturated heterocycles. The van der Waals surface area contributed by atoms with E-state index in [0.717, 1.165) is 11.3 Å². The van der Waals surface area contributed by atoms with Gasteiger partial charge in [0.2, 0.25) is 5.91 Å². The van der Waals surface area contributed by atoms with Gasteiger partial charge in [0.25, 0.3) is 5.91 Å². The first-order chi connectivity index (χ1) is 13.6. The molecule has 0 radical (unpaired) electrons. The third-order valence-electron chi connectivity index (χ3n) is 4.17. The van der Waals surface area contributed by atoms with E-state index in [1.165, 1.54) is 0 Å². The average Bonchev–Trinajstić information content (AvgIpc) is 3.12. The van der Waals surface area contributed by atoms with Crippen molar-refractivity contribution in [2.75, 3.05) is 32.7 Å². The Morgan fingerprint density at radius 1 is 1.18 bits per heavy atom. The number of hydrogen-bond acceptors (Lipinski definition) is 5. The predicted molar refractivity (Wildman–Crippen MR) is 106 cm³/mol. The van der Waals surface area contributed by atoms with Crippen LogP contribution in [-0.2, 0) is 16.0 Å². The summed E-state index contributed by atoms with van der Waals surface area (Å²) in [4.78, 5) is 31.9. The van der Waals surface area contributed by atoms with Gasteiger partial charge in [0.05, 0.1) is 37.6 Å². The highest BCUT2D eigenvalue weighted by atomic mass is 16.5. The van der Waals surface area contributed by atoms with E-state index in [1.54, 1.807) is 32.7 Å². The molecule has 0 atom stereocenters. The van der Waals surface area contributed by atoms with Crippen LogP contribution in [0.4, 0.5) is 5.69 Å². The highest BCUT2D eigenvalue weighted by Crippen LogP contribution is 2.20. The highest BCUT2D eigenvalue weighted by molar-refractivity contribution is 6.07. The Bertz CT molecular complexity index is 966. The van der Waals surface area contributed by atoms with Crippen molar-refractivity contribution in [3.05, 3.63) is 53.9 Å². The van der Waals surface area contributed by atoms with E-state index >= 15 is 0 Å². The number of anilines is 1. The summed E-state index contributed by atoms with van der Waals surface area (Å²) in [5, 5.41) is 6.23. The Labute approximate surface area is 162 Å². The molecule has 8 heteroatoms. The Hall–Kier alpha value is -3.39. The Kier molecular flexibility index (Phi) is 6.23. The standard InChI is InChI=1S/C20H22N4O4/c1-27-8-7-21-20(26)17-12-23-19-16(17)10-14(11-22-19)24-18(25)9-13-3-5-15(28-2)6-4-13/h3-6,10-12H,7-9H2,1-2H3,(H,21,26)(H,22,23)(H,24,25). The van der Waals surface area contributed by atoms with Crippen molar-refractivity contribution < 1.29 is 19.1 Å². The van der Waals surface area contributed by atoms with Crippen LogP contribution >= 0.6 is 0 Å². The van der Waals surface area contributed by atoms with Crippen molar-refractivity contribution >= 4 is 28.5 Å². The zero-order chi connectivity index (χ0) is 19.9. The summed E-state index contributed by atoms with van der Waals surface area (Å²) in [6, 6.07) is 9.04. The van der Waals surface area contributed by atoms with Gasteiger partial charge in [0.1, 0.15) is 11.4 Å². The first-order valence-corrected chi connectivity index (χ1v) is 8.77. The van der Waals surface area contributed by atoms with E-state index in [-0.39, 0.29) is 18.2 Å². The summed E-state index contributed by atoms with van der Waals surface area (Å²) in [6.07, 6.45) is 3.37. The van der Waals surface area contributed by atoms with Crippen LogP contribution in [0.25, 0.3) is 11.0 Å². The van der Waals surface area contributed by atoms with Crippen LogP contribution in [0.1, 0.15) is 15.9 Å². The van der Waals surface area contributed by atoms with Gasteiger partial charge in [-0.05, 0) is 23.8 Å². The fraction of sp³-hybridized carbons (Fsp3) is 0.250.